The van der Waals surface area contributed by atoms with Crippen molar-refractivity contribution >= 4 is 48.5 Å². The summed E-state index contributed by atoms with van der Waals surface area (Å²) in [5.74, 6) is -5.12. The molecular weight excluding hydrogens is 875 g/mol. The summed E-state index contributed by atoms with van der Waals surface area (Å²) >= 11 is 0. The number of benzene rings is 2. The number of aryl methyl sites for hydroxylation is 1. The Labute approximate surface area is 398 Å². The number of primary amides is 1. The van der Waals surface area contributed by atoms with Gasteiger partial charge in [-0.1, -0.05) is 63.6 Å². The number of carbonyl (C=O) groups is 7. The van der Waals surface area contributed by atoms with Crippen molar-refractivity contribution in [3.05, 3.63) is 59.7 Å². The Morgan fingerprint density at radius 3 is 2.06 bits per heavy atom. The number of carbonyl (C=O) groups excluding carboxylic acids is 7. The zero-order valence-electron chi connectivity index (χ0n) is 39.8. The second kappa shape index (κ2) is 23.7. The van der Waals surface area contributed by atoms with Crippen LogP contribution < -0.4 is 54.8 Å². The lowest BCUT2D eigenvalue weighted by Crippen LogP contribution is -2.65. The molecule has 1 heterocycles. The molecule has 2 aromatic carbocycles. The Morgan fingerprint density at radius 1 is 0.809 bits per heavy atom. The van der Waals surface area contributed by atoms with Crippen LogP contribution in [0.5, 0.6) is 0 Å². The minimum absolute atomic E-state index is 0.0429. The standard InChI is InChI=1S/C47H71BN10O10/c1-6-7-10-27-12-14-28(15-13-27)29-16-18-30(19-17-29)40(62)53-22-20-37(61)54-32(11-8-9-21-49)41(63)56-38(26(2)59)43(65)57-39(51)44(66)55-33(25-36(50)60)42(64)58-45(52)48-67-35-24-31-23-34(46(31,3)4)47(35,5)68-48/h12-19,26,31-35,38-39,45,59H,6-11,20-25,49,51-52H2,1-5H3,(H2,50,60)(H,53,62)(H,54,61)(H,55,66)(H,56,63)(H,57,65)(H,58,64)/t26?,31-,32-,33-,34-,35?,38-,39+,45+,47-/m0/s1. The summed E-state index contributed by atoms with van der Waals surface area (Å²) in [7, 11) is -1.01. The molecule has 372 valence electrons. The fourth-order valence-electron chi connectivity index (χ4n) is 9.50. The fraction of sp³-hybridized carbons (Fsp3) is 0.596. The summed E-state index contributed by atoms with van der Waals surface area (Å²) in [5.41, 5.74) is 26.5. The molecule has 21 heteroatoms. The predicted octanol–water partition coefficient (Wildman–Crippen LogP) is -0.275. The van der Waals surface area contributed by atoms with Crippen molar-refractivity contribution in [3.63, 3.8) is 0 Å². The third-order valence-electron chi connectivity index (χ3n) is 13.7. The van der Waals surface area contributed by atoms with Crippen molar-refractivity contribution < 1.29 is 48.0 Å². The second-order valence-corrected chi connectivity index (χ2v) is 19.1. The van der Waals surface area contributed by atoms with Gasteiger partial charge in [0.25, 0.3) is 11.8 Å². The molecule has 3 aliphatic carbocycles. The lowest BCUT2D eigenvalue weighted by Gasteiger charge is -2.64. The van der Waals surface area contributed by atoms with Crippen molar-refractivity contribution in [2.75, 3.05) is 13.1 Å². The van der Waals surface area contributed by atoms with Crippen LogP contribution in [-0.4, -0.2) is 115 Å². The molecule has 7 amide bonds. The smallest absolute Gasteiger partial charge is 0.403 e. The number of nitrogens with one attached hydrogen (secondary N) is 6. The van der Waals surface area contributed by atoms with Crippen LogP contribution >= 0.6 is 0 Å². The van der Waals surface area contributed by atoms with Gasteiger partial charge in [-0.15, -0.1) is 0 Å². The average molecular weight is 947 g/mol. The van der Waals surface area contributed by atoms with Crippen LogP contribution in [0.1, 0.15) is 108 Å². The van der Waals surface area contributed by atoms with E-state index in [2.05, 4.69) is 76.9 Å². The predicted molar refractivity (Wildman–Crippen MR) is 254 cm³/mol. The quantitative estimate of drug-likeness (QED) is 0.0347. The Hall–Kier alpha value is -5.45. The van der Waals surface area contributed by atoms with Crippen molar-refractivity contribution in [2.24, 2.45) is 40.2 Å². The summed E-state index contributed by atoms with van der Waals surface area (Å²) in [5, 5.41) is 25.3. The number of amides is 7. The first-order chi connectivity index (χ1) is 32.2. The zero-order valence-corrected chi connectivity index (χ0v) is 39.8. The molecule has 2 unspecified atom stereocenters. The molecule has 2 bridgehead atoms. The molecule has 4 fully saturated rings. The van der Waals surface area contributed by atoms with E-state index in [-0.39, 0.29) is 42.7 Å². The van der Waals surface area contributed by atoms with Gasteiger partial charge in [0, 0.05) is 18.5 Å². The van der Waals surface area contributed by atoms with E-state index in [9.17, 15) is 38.7 Å². The number of nitrogens with two attached hydrogens (primary N) is 4. The van der Waals surface area contributed by atoms with Gasteiger partial charge in [0.1, 0.15) is 24.2 Å². The first-order valence-electron chi connectivity index (χ1n) is 23.7. The van der Waals surface area contributed by atoms with Crippen molar-refractivity contribution in [1.82, 2.24) is 31.9 Å². The number of hydrogen-bond acceptors (Lipinski definition) is 13. The monoisotopic (exact) mass is 947 g/mol. The lowest BCUT2D eigenvalue weighted by atomic mass is 9.43. The van der Waals surface area contributed by atoms with Gasteiger partial charge in [0.2, 0.25) is 29.5 Å². The number of unbranched alkanes of at least 4 members (excludes halogenated alkanes) is 2. The van der Waals surface area contributed by atoms with Gasteiger partial charge < -0.3 is 69.3 Å². The highest BCUT2D eigenvalue weighted by molar-refractivity contribution is 6.47. The lowest BCUT2D eigenvalue weighted by molar-refractivity contribution is -0.199. The van der Waals surface area contributed by atoms with Gasteiger partial charge in [-0.25, -0.2) is 0 Å². The Balaban J connectivity index is 1.10. The SMILES string of the molecule is CCCCc1ccc(-c2ccc(C(=O)NCCC(=O)N[C@@H](CCCCN)C(=O)N[C@H](C(=O)N[C@@H](N)C(=O)N[C@@H](CC(N)=O)C(=O)N[C@@H](N)B3OC4C[C@@H]5C[C@@H](C5(C)C)[C@]4(C)O3)C(C)O)cc2)cc1. The molecular formula is C47H71BN10O10. The molecule has 3 saturated carbocycles. The molecule has 68 heavy (non-hydrogen) atoms. The molecule has 1 aliphatic heterocycles. The van der Waals surface area contributed by atoms with E-state index in [1.165, 1.54) is 12.5 Å². The highest BCUT2D eigenvalue weighted by Crippen LogP contribution is 2.65. The maximum atomic E-state index is 13.6. The maximum Gasteiger partial charge on any atom is 0.497 e. The topological polar surface area (TPSA) is 334 Å². The minimum atomic E-state index is -1.85. The molecule has 2 aromatic rings. The summed E-state index contributed by atoms with van der Waals surface area (Å²) in [6, 6.07) is 9.83. The molecule has 6 rings (SSSR count). The van der Waals surface area contributed by atoms with Gasteiger partial charge in [-0.2, -0.15) is 0 Å². The van der Waals surface area contributed by atoms with Crippen LogP contribution in [-0.2, 0) is 44.5 Å². The molecule has 0 radical (unpaired) electrons. The zero-order chi connectivity index (χ0) is 49.9. The maximum absolute atomic E-state index is 13.6. The number of hydrogen-bond donors (Lipinski definition) is 11. The molecule has 0 aromatic heterocycles. The third-order valence-corrected chi connectivity index (χ3v) is 13.7. The van der Waals surface area contributed by atoms with Gasteiger partial charge in [0.15, 0.2) is 6.17 Å². The van der Waals surface area contributed by atoms with Gasteiger partial charge in [-0.05, 0) is 111 Å². The van der Waals surface area contributed by atoms with E-state index in [0.717, 1.165) is 43.2 Å². The number of aliphatic hydroxyl groups excluding tert-OH is 1. The minimum Gasteiger partial charge on any atom is -0.403 e. The van der Waals surface area contributed by atoms with Crippen molar-refractivity contribution in [1.29, 1.82) is 0 Å². The van der Waals surface area contributed by atoms with Gasteiger partial charge in [0.05, 0.1) is 24.2 Å². The van der Waals surface area contributed by atoms with E-state index in [1.54, 1.807) is 12.1 Å². The number of rotatable bonds is 25. The van der Waals surface area contributed by atoms with Gasteiger partial charge >= 0.3 is 7.12 Å². The Morgan fingerprint density at radius 2 is 1.46 bits per heavy atom. The van der Waals surface area contributed by atoms with Gasteiger partial charge in [-0.3, -0.25) is 33.6 Å². The van der Waals surface area contributed by atoms with Crippen LogP contribution in [0.3, 0.4) is 0 Å². The summed E-state index contributed by atoms with van der Waals surface area (Å²) < 4.78 is 12.4. The molecule has 1 saturated heterocycles. The highest BCUT2D eigenvalue weighted by atomic mass is 16.7. The van der Waals surface area contributed by atoms with Crippen LogP contribution in [0.4, 0.5) is 0 Å². The second-order valence-electron chi connectivity index (χ2n) is 19.1. The Bertz CT molecular complexity index is 2110. The van der Waals surface area contributed by atoms with E-state index in [1.807, 2.05) is 19.1 Å². The van der Waals surface area contributed by atoms with E-state index in [4.69, 9.17) is 32.2 Å². The molecule has 4 aliphatic rings. The van der Waals surface area contributed by atoms with E-state index in [0.29, 0.717) is 30.9 Å². The fourth-order valence-corrected chi connectivity index (χ4v) is 9.50. The van der Waals surface area contributed by atoms with E-state index < -0.39 is 91.0 Å². The first-order valence-corrected chi connectivity index (χ1v) is 23.7. The average Bonchev–Trinajstić information content (AvgIpc) is 3.67. The summed E-state index contributed by atoms with van der Waals surface area (Å²) in [6.45, 7) is 10.0. The third kappa shape index (κ3) is 13.4. The summed E-state index contributed by atoms with van der Waals surface area (Å²) in [6.07, 6.45) is 1.68. The van der Waals surface area contributed by atoms with Crippen LogP contribution in [0.2, 0.25) is 0 Å². The Kier molecular flexibility index (Phi) is 18.7. The van der Waals surface area contributed by atoms with Crippen LogP contribution in [0.15, 0.2) is 48.5 Å². The molecule has 15 N–H and O–H groups in total. The van der Waals surface area contributed by atoms with Crippen molar-refractivity contribution in [2.45, 2.75) is 147 Å². The molecule has 10 atom stereocenters. The molecule has 20 nitrogen and oxygen atoms in total. The highest BCUT2D eigenvalue weighted by Gasteiger charge is 2.68. The van der Waals surface area contributed by atoms with E-state index >= 15 is 0 Å². The van der Waals surface area contributed by atoms with Crippen LogP contribution in [0, 0.1) is 17.3 Å². The van der Waals surface area contributed by atoms with Crippen molar-refractivity contribution in [3.8, 4) is 11.1 Å². The molecule has 0 spiro atoms. The van der Waals surface area contributed by atoms with Crippen LogP contribution in [0.25, 0.3) is 11.1 Å². The summed E-state index contributed by atoms with van der Waals surface area (Å²) in [4.78, 5) is 91.5. The normalized spacial score (nSPS) is 22.7. The first kappa shape index (κ1) is 53.5. The number of aliphatic hydroxyl groups is 1. The largest absolute Gasteiger partial charge is 0.497 e.